The van der Waals surface area contributed by atoms with Crippen molar-refractivity contribution < 1.29 is 14.3 Å². The number of hydrogen-bond donors (Lipinski definition) is 0. The van der Waals surface area contributed by atoms with Crippen LogP contribution < -0.4 is 9.80 Å². The minimum atomic E-state index is -0.110. The van der Waals surface area contributed by atoms with Crippen LogP contribution in [0.25, 0.3) is 0 Å². The van der Waals surface area contributed by atoms with Crippen LogP contribution in [-0.4, -0.2) is 56.6 Å². The van der Waals surface area contributed by atoms with Crippen LogP contribution in [0.4, 0.5) is 17.1 Å². The first-order valence-electron chi connectivity index (χ1n) is 9.26. The second-order valence-corrected chi connectivity index (χ2v) is 6.80. The number of carbonyl (C=O) groups is 2. The van der Waals surface area contributed by atoms with E-state index in [-0.39, 0.29) is 11.8 Å². The number of anilines is 3. The minimum absolute atomic E-state index is 0.00973. The molecule has 0 unspecified atom stereocenters. The van der Waals surface area contributed by atoms with Crippen LogP contribution in [0, 0.1) is 0 Å². The Morgan fingerprint density at radius 1 is 0.963 bits per heavy atom. The third-order valence-electron chi connectivity index (χ3n) is 5.16. The molecule has 140 valence electrons. The Bertz CT molecular complexity index is 861. The Labute approximate surface area is 158 Å². The number of para-hydroxylation sites is 3. The first-order chi connectivity index (χ1) is 13.2. The number of amides is 2. The molecule has 27 heavy (non-hydrogen) atoms. The van der Waals surface area contributed by atoms with E-state index < -0.39 is 0 Å². The topological polar surface area (TPSA) is 53.1 Å². The molecule has 6 nitrogen and oxygen atoms in total. The van der Waals surface area contributed by atoms with E-state index in [4.69, 9.17) is 4.74 Å². The van der Waals surface area contributed by atoms with Gasteiger partial charge >= 0.3 is 0 Å². The van der Waals surface area contributed by atoms with Gasteiger partial charge in [-0.3, -0.25) is 19.4 Å². The molecule has 2 aliphatic rings. The number of nitrogens with zero attached hydrogens (tertiary/aromatic N) is 3. The van der Waals surface area contributed by atoms with Gasteiger partial charge in [0.1, 0.15) is 0 Å². The normalized spacial score (nSPS) is 17.3. The summed E-state index contributed by atoms with van der Waals surface area (Å²) < 4.78 is 5.38. The van der Waals surface area contributed by atoms with Gasteiger partial charge in [0.25, 0.3) is 5.91 Å². The van der Waals surface area contributed by atoms with Crippen molar-refractivity contribution >= 4 is 28.9 Å². The summed E-state index contributed by atoms with van der Waals surface area (Å²) in [5, 5.41) is 0. The van der Waals surface area contributed by atoms with Crippen molar-refractivity contribution in [1.82, 2.24) is 4.90 Å². The average molecular weight is 365 g/mol. The maximum atomic E-state index is 13.3. The SMILES string of the molecule is CN1C(=O)c2ccccc2N(C(=O)CCN2CCOCC2)c2ccccc21. The fourth-order valence-corrected chi connectivity index (χ4v) is 3.67. The molecule has 0 bridgehead atoms. The Kier molecular flexibility index (Phi) is 4.92. The summed E-state index contributed by atoms with van der Waals surface area (Å²) in [4.78, 5) is 31.8. The zero-order valence-electron chi connectivity index (χ0n) is 15.4. The van der Waals surface area contributed by atoms with Gasteiger partial charge in [0, 0.05) is 33.1 Å². The number of carbonyl (C=O) groups excluding carboxylic acids is 2. The fraction of sp³-hybridized carbons (Fsp3) is 0.333. The smallest absolute Gasteiger partial charge is 0.260 e. The van der Waals surface area contributed by atoms with E-state index in [1.807, 2.05) is 42.5 Å². The van der Waals surface area contributed by atoms with Crippen molar-refractivity contribution in [2.45, 2.75) is 6.42 Å². The lowest BCUT2D eigenvalue weighted by atomic mass is 10.1. The Balaban J connectivity index is 1.70. The van der Waals surface area contributed by atoms with Gasteiger partial charge < -0.3 is 9.64 Å². The Morgan fingerprint density at radius 3 is 2.33 bits per heavy atom. The van der Waals surface area contributed by atoms with Crippen molar-refractivity contribution in [3.05, 3.63) is 54.1 Å². The van der Waals surface area contributed by atoms with Crippen LogP contribution in [0.15, 0.2) is 48.5 Å². The highest BCUT2D eigenvalue weighted by Crippen LogP contribution is 2.40. The van der Waals surface area contributed by atoms with Crippen LogP contribution in [0.2, 0.25) is 0 Å². The Hall–Kier alpha value is -2.70. The predicted octanol–water partition coefficient (Wildman–Crippen LogP) is 2.66. The number of fused-ring (bicyclic) bond motifs is 2. The van der Waals surface area contributed by atoms with E-state index >= 15 is 0 Å². The van der Waals surface area contributed by atoms with Crippen molar-refractivity contribution in [2.75, 3.05) is 49.7 Å². The molecule has 0 saturated carbocycles. The fourth-order valence-electron chi connectivity index (χ4n) is 3.67. The predicted molar refractivity (Wildman–Crippen MR) is 105 cm³/mol. The number of morpholine rings is 1. The summed E-state index contributed by atoms with van der Waals surface area (Å²) in [6.45, 7) is 3.81. The van der Waals surface area contributed by atoms with Crippen molar-refractivity contribution in [3.8, 4) is 0 Å². The van der Waals surface area contributed by atoms with Gasteiger partial charge in [-0.05, 0) is 24.3 Å². The van der Waals surface area contributed by atoms with Gasteiger partial charge in [-0.15, -0.1) is 0 Å². The van der Waals surface area contributed by atoms with Crippen LogP contribution in [0.3, 0.4) is 0 Å². The molecule has 1 fully saturated rings. The summed E-state index contributed by atoms with van der Waals surface area (Å²) >= 11 is 0. The van der Waals surface area contributed by atoms with E-state index in [2.05, 4.69) is 4.90 Å². The maximum Gasteiger partial charge on any atom is 0.260 e. The summed E-state index contributed by atoms with van der Waals surface area (Å²) in [5.74, 6) is -0.119. The van der Waals surface area contributed by atoms with Crippen molar-refractivity contribution in [2.24, 2.45) is 0 Å². The highest BCUT2D eigenvalue weighted by molar-refractivity contribution is 6.18. The van der Waals surface area contributed by atoms with Gasteiger partial charge in [0.05, 0.1) is 35.8 Å². The molecule has 4 rings (SSSR count). The molecule has 2 aromatic rings. The lowest BCUT2D eigenvalue weighted by Gasteiger charge is -2.28. The van der Waals surface area contributed by atoms with Crippen LogP contribution in [0.5, 0.6) is 0 Å². The van der Waals surface area contributed by atoms with Crippen molar-refractivity contribution in [3.63, 3.8) is 0 Å². The lowest BCUT2D eigenvalue weighted by Crippen LogP contribution is -2.39. The van der Waals surface area contributed by atoms with E-state index in [0.29, 0.717) is 37.4 Å². The van der Waals surface area contributed by atoms with Gasteiger partial charge in [-0.1, -0.05) is 24.3 Å². The molecule has 2 aromatic carbocycles. The Morgan fingerprint density at radius 2 is 1.59 bits per heavy atom. The molecule has 6 heteroatoms. The maximum absolute atomic E-state index is 13.3. The molecule has 2 aliphatic heterocycles. The second-order valence-electron chi connectivity index (χ2n) is 6.80. The number of hydrogen-bond acceptors (Lipinski definition) is 4. The first-order valence-corrected chi connectivity index (χ1v) is 9.26. The molecular formula is C21H23N3O3. The van der Waals surface area contributed by atoms with E-state index in [9.17, 15) is 9.59 Å². The third kappa shape index (κ3) is 3.34. The van der Waals surface area contributed by atoms with Crippen LogP contribution >= 0.6 is 0 Å². The molecule has 0 radical (unpaired) electrons. The highest BCUT2D eigenvalue weighted by Gasteiger charge is 2.31. The molecular weight excluding hydrogens is 342 g/mol. The first kappa shape index (κ1) is 17.7. The van der Waals surface area contributed by atoms with Crippen LogP contribution in [0.1, 0.15) is 16.8 Å². The zero-order valence-corrected chi connectivity index (χ0v) is 15.4. The van der Waals surface area contributed by atoms with Crippen molar-refractivity contribution in [1.29, 1.82) is 0 Å². The lowest BCUT2D eigenvalue weighted by molar-refractivity contribution is -0.118. The van der Waals surface area contributed by atoms with E-state index in [1.165, 1.54) is 0 Å². The van der Waals surface area contributed by atoms with E-state index in [1.54, 1.807) is 22.9 Å². The molecule has 0 spiro atoms. The molecule has 0 N–H and O–H groups in total. The molecule has 1 saturated heterocycles. The average Bonchev–Trinajstić information content (AvgIpc) is 2.81. The van der Waals surface area contributed by atoms with Gasteiger partial charge in [-0.2, -0.15) is 0 Å². The summed E-state index contributed by atoms with van der Waals surface area (Å²) in [7, 11) is 1.75. The second kappa shape index (κ2) is 7.50. The highest BCUT2D eigenvalue weighted by atomic mass is 16.5. The van der Waals surface area contributed by atoms with Gasteiger partial charge in [-0.25, -0.2) is 0 Å². The standard InChI is InChI=1S/C21H23N3O3/c1-22-18-8-4-5-9-19(18)24(17-7-3-2-6-16(17)21(22)26)20(25)10-11-23-12-14-27-15-13-23/h2-9H,10-15H2,1H3. The molecule has 2 amide bonds. The number of ether oxygens (including phenoxy) is 1. The van der Waals surface area contributed by atoms with E-state index in [0.717, 1.165) is 24.5 Å². The third-order valence-corrected chi connectivity index (χ3v) is 5.16. The molecule has 0 aromatic heterocycles. The quantitative estimate of drug-likeness (QED) is 0.839. The number of benzene rings is 2. The van der Waals surface area contributed by atoms with Gasteiger partial charge in [0.2, 0.25) is 5.91 Å². The summed E-state index contributed by atoms with van der Waals surface area (Å²) in [6.07, 6.45) is 0.389. The van der Waals surface area contributed by atoms with Gasteiger partial charge in [0.15, 0.2) is 0 Å². The summed E-state index contributed by atoms with van der Waals surface area (Å²) in [6, 6.07) is 14.9. The summed E-state index contributed by atoms with van der Waals surface area (Å²) in [5.41, 5.74) is 2.66. The molecule has 2 heterocycles. The molecule has 0 aliphatic carbocycles. The zero-order chi connectivity index (χ0) is 18.8. The molecule has 0 atom stereocenters. The monoisotopic (exact) mass is 365 g/mol. The minimum Gasteiger partial charge on any atom is -0.379 e. The number of rotatable bonds is 3. The largest absolute Gasteiger partial charge is 0.379 e. The van der Waals surface area contributed by atoms with Crippen LogP contribution in [-0.2, 0) is 9.53 Å².